The molecule has 0 aliphatic rings. The summed E-state index contributed by atoms with van der Waals surface area (Å²) in [6.07, 6.45) is 6.12. The third kappa shape index (κ3) is 5.50. The molecular formula is C6H13NO. The van der Waals surface area contributed by atoms with E-state index in [4.69, 9.17) is 0 Å². The van der Waals surface area contributed by atoms with E-state index in [0.29, 0.717) is 0 Å². The molecule has 0 aromatic heterocycles. The fraction of sp³-hybridized carbons (Fsp3) is 0.667. The van der Waals surface area contributed by atoms with E-state index in [2.05, 4.69) is 17.2 Å². The predicted molar refractivity (Wildman–Crippen MR) is 34.2 cm³/mol. The van der Waals surface area contributed by atoms with E-state index >= 15 is 0 Å². The zero-order valence-electron chi connectivity index (χ0n) is 5.48. The maximum atomic E-state index is 4.55. The summed E-state index contributed by atoms with van der Waals surface area (Å²) < 4.78 is 0. The van der Waals surface area contributed by atoms with E-state index in [1.165, 1.54) is 6.42 Å². The van der Waals surface area contributed by atoms with Crippen molar-refractivity contribution in [3.8, 4) is 0 Å². The maximum Gasteiger partial charge on any atom is 0.0636 e. The Morgan fingerprint density at radius 2 is 2.38 bits per heavy atom. The average molecular weight is 115 g/mol. The molecule has 0 heterocycles. The van der Waals surface area contributed by atoms with Gasteiger partial charge in [0.1, 0.15) is 0 Å². The van der Waals surface area contributed by atoms with E-state index < -0.39 is 0 Å². The molecule has 0 spiro atoms. The van der Waals surface area contributed by atoms with Crippen LogP contribution in [0.5, 0.6) is 0 Å². The van der Waals surface area contributed by atoms with Crippen molar-refractivity contribution in [3.05, 3.63) is 12.3 Å². The number of nitrogens with one attached hydrogen (secondary N) is 1. The molecule has 0 saturated carbocycles. The summed E-state index contributed by atoms with van der Waals surface area (Å²) in [6, 6.07) is 0. The van der Waals surface area contributed by atoms with Gasteiger partial charge in [-0.25, -0.2) is 0 Å². The molecule has 0 fully saturated rings. The van der Waals surface area contributed by atoms with Gasteiger partial charge in [-0.2, -0.15) is 0 Å². The maximum absolute atomic E-state index is 4.55. The van der Waals surface area contributed by atoms with Crippen LogP contribution in [-0.4, -0.2) is 7.11 Å². The van der Waals surface area contributed by atoms with Gasteiger partial charge >= 0.3 is 0 Å². The molecule has 2 nitrogen and oxygen atoms in total. The second-order valence-corrected chi connectivity index (χ2v) is 1.51. The van der Waals surface area contributed by atoms with Gasteiger partial charge in [0.05, 0.1) is 7.11 Å². The third-order valence-electron chi connectivity index (χ3n) is 0.759. The van der Waals surface area contributed by atoms with E-state index in [0.717, 1.165) is 6.42 Å². The predicted octanol–water partition coefficient (Wildman–Crippen LogP) is 1.45. The van der Waals surface area contributed by atoms with Crippen LogP contribution in [0.3, 0.4) is 0 Å². The Hall–Kier alpha value is -0.500. The smallest absolute Gasteiger partial charge is 0.0636 e. The van der Waals surface area contributed by atoms with Gasteiger partial charge in [-0.15, -0.1) is 0 Å². The summed E-state index contributed by atoms with van der Waals surface area (Å²) in [5.74, 6) is 0. The highest BCUT2D eigenvalue weighted by Gasteiger charge is 1.69. The Balaban J connectivity index is 2.83. The molecule has 0 amide bonds. The van der Waals surface area contributed by atoms with Crippen LogP contribution >= 0.6 is 0 Å². The molecule has 0 unspecified atom stereocenters. The van der Waals surface area contributed by atoms with Crippen molar-refractivity contribution in [1.29, 1.82) is 0 Å². The Morgan fingerprint density at radius 1 is 1.62 bits per heavy atom. The molecule has 0 saturated heterocycles. The molecule has 0 rings (SSSR count). The number of hydroxylamine groups is 1. The summed E-state index contributed by atoms with van der Waals surface area (Å²) in [5, 5.41) is 0. The van der Waals surface area contributed by atoms with Gasteiger partial charge in [-0.3, -0.25) is 10.3 Å². The van der Waals surface area contributed by atoms with E-state index in [-0.39, 0.29) is 0 Å². The topological polar surface area (TPSA) is 21.3 Å². The van der Waals surface area contributed by atoms with Gasteiger partial charge in [0, 0.05) is 6.20 Å². The van der Waals surface area contributed by atoms with Crippen molar-refractivity contribution in [1.82, 2.24) is 5.48 Å². The number of hydrogen-bond acceptors (Lipinski definition) is 2. The second-order valence-electron chi connectivity index (χ2n) is 1.51. The van der Waals surface area contributed by atoms with Gasteiger partial charge < -0.3 is 0 Å². The van der Waals surface area contributed by atoms with E-state index in [9.17, 15) is 0 Å². The molecule has 48 valence electrons. The summed E-state index contributed by atoms with van der Waals surface area (Å²) >= 11 is 0. The lowest BCUT2D eigenvalue weighted by atomic mass is 10.3. The first-order chi connectivity index (χ1) is 3.91. The monoisotopic (exact) mass is 115 g/mol. The lowest BCUT2D eigenvalue weighted by Gasteiger charge is -1.90. The average Bonchev–Trinajstić information content (AvgIpc) is 1.81. The largest absolute Gasteiger partial charge is 0.280 e. The third-order valence-corrected chi connectivity index (χ3v) is 0.759. The molecule has 0 aromatic carbocycles. The van der Waals surface area contributed by atoms with Crippen LogP contribution in [-0.2, 0) is 4.84 Å². The van der Waals surface area contributed by atoms with Crippen molar-refractivity contribution in [2.75, 3.05) is 7.11 Å². The van der Waals surface area contributed by atoms with Crippen LogP contribution in [0.2, 0.25) is 0 Å². The highest BCUT2D eigenvalue weighted by Crippen LogP contribution is 1.85. The normalized spacial score (nSPS) is 10.2. The van der Waals surface area contributed by atoms with Gasteiger partial charge in [0.25, 0.3) is 0 Å². The summed E-state index contributed by atoms with van der Waals surface area (Å²) in [7, 11) is 1.59. The van der Waals surface area contributed by atoms with E-state index in [1.807, 2.05) is 6.08 Å². The SMILES string of the molecule is CCCC=CNOC. The minimum Gasteiger partial charge on any atom is -0.280 e. The number of rotatable bonds is 4. The molecule has 0 aliphatic carbocycles. The molecule has 8 heavy (non-hydrogen) atoms. The standard InChI is InChI=1S/C6H13NO/c1-3-4-5-6-7-8-2/h5-7H,3-4H2,1-2H3. The van der Waals surface area contributed by atoms with Crippen LogP contribution in [0, 0.1) is 0 Å². The molecule has 2 heteroatoms. The Bertz CT molecular complexity index is 53.5. The minimum absolute atomic E-state index is 1.11. The fourth-order valence-corrected chi connectivity index (χ4v) is 0.366. The van der Waals surface area contributed by atoms with Crippen LogP contribution in [0.25, 0.3) is 0 Å². The van der Waals surface area contributed by atoms with Crippen LogP contribution in [0.15, 0.2) is 12.3 Å². The van der Waals surface area contributed by atoms with Gasteiger partial charge in [0.2, 0.25) is 0 Å². The van der Waals surface area contributed by atoms with Gasteiger partial charge in [0.15, 0.2) is 0 Å². The van der Waals surface area contributed by atoms with Crippen LogP contribution in [0.4, 0.5) is 0 Å². The lowest BCUT2D eigenvalue weighted by Crippen LogP contribution is -1.99. The first-order valence-corrected chi connectivity index (χ1v) is 2.85. The highest BCUT2D eigenvalue weighted by molar-refractivity contribution is 4.75. The quantitative estimate of drug-likeness (QED) is 0.560. The molecule has 0 aliphatic heterocycles. The zero-order valence-corrected chi connectivity index (χ0v) is 5.48. The Morgan fingerprint density at radius 3 is 2.88 bits per heavy atom. The van der Waals surface area contributed by atoms with E-state index in [1.54, 1.807) is 13.3 Å². The first kappa shape index (κ1) is 7.50. The number of allylic oxidation sites excluding steroid dienone is 1. The molecule has 0 bridgehead atoms. The first-order valence-electron chi connectivity index (χ1n) is 2.85. The van der Waals surface area contributed by atoms with Crippen molar-refractivity contribution in [2.24, 2.45) is 0 Å². The van der Waals surface area contributed by atoms with Crippen LogP contribution in [0.1, 0.15) is 19.8 Å². The summed E-state index contributed by atoms with van der Waals surface area (Å²) in [6.45, 7) is 2.14. The second kappa shape index (κ2) is 6.50. The molecule has 0 radical (unpaired) electrons. The van der Waals surface area contributed by atoms with Crippen molar-refractivity contribution in [3.63, 3.8) is 0 Å². The zero-order chi connectivity index (χ0) is 6.24. The number of unbranched alkanes of at least 4 members (excludes halogenated alkanes) is 1. The van der Waals surface area contributed by atoms with Crippen LogP contribution < -0.4 is 5.48 Å². The summed E-state index contributed by atoms with van der Waals surface area (Å²) in [4.78, 5) is 4.55. The van der Waals surface area contributed by atoms with Crippen molar-refractivity contribution in [2.45, 2.75) is 19.8 Å². The minimum atomic E-state index is 1.11. The fourth-order valence-electron chi connectivity index (χ4n) is 0.366. The number of hydrogen-bond donors (Lipinski definition) is 1. The van der Waals surface area contributed by atoms with Crippen molar-refractivity contribution < 1.29 is 4.84 Å². The molecular weight excluding hydrogens is 102 g/mol. The molecule has 0 aromatic rings. The molecule has 1 N–H and O–H groups in total. The van der Waals surface area contributed by atoms with Gasteiger partial charge in [-0.05, 0) is 6.42 Å². The lowest BCUT2D eigenvalue weighted by molar-refractivity contribution is 0.128. The van der Waals surface area contributed by atoms with Crippen molar-refractivity contribution >= 4 is 0 Å². The highest BCUT2D eigenvalue weighted by atomic mass is 16.6. The van der Waals surface area contributed by atoms with Gasteiger partial charge in [-0.1, -0.05) is 19.4 Å². The Kier molecular flexibility index (Phi) is 6.09. The summed E-state index contributed by atoms with van der Waals surface area (Å²) in [5.41, 5.74) is 2.60. The Labute approximate surface area is 50.5 Å². The molecule has 0 atom stereocenters.